The first-order valence-corrected chi connectivity index (χ1v) is 22.1. The molecule has 2 heteroatoms. The van der Waals surface area contributed by atoms with E-state index in [2.05, 4.69) is 244 Å². The van der Waals surface area contributed by atoms with E-state index in [-0.39, 0.29) is 0 Å². The third kappa shape index (κ3) is 5.51. The van der Waals surface area contributed by atoms with Gasteiger partial charge in [0.2, 0.25) is 0 Å². The fourth-order valence-electron chi connectivity index (χ4n) is 11.1. The van der Waals surface area contributed by atoms with E-state index in [1.54, 1.807) is 0 Å². The lowest BCUT2D eigenvalue weighted by molar-refractivity contribution is 0.809. The number of aryl methyl sites for hydroxylation is 4. The SMILES string of the molecule is Cc1ccc(N(c2ccccc2)c2ccc3c4c(ccc3c2)-c2ccc3cc(N(c5ccccc5)c5cc(C)ccc5C)ccc3c2C42c3ccccc3-c3ccccc32)c(C)c1. The Kier molecular flexibility index (Phi) is 8.36. The highest BCUT2D eigenvalue weighted by atomic mass is 15.1. The molecular weight excluding hydrogens is 761 g/mol. The summed E-state index contributed by atoms with van der Waals surface area (Å²) in [6.07, 6.45) is 0. The first-order valence-electron chi connectivity index (χ1n) is 22.1. The van der Waals surface area contributed by atoms with E-state index in [4.69, 9.17) is 0 Å². The normalized spacial score (nSPS) is 12.9. The lowest BCUT2D eigenvalue weighted by Gasteiger charge is -2.33. The van der Waals surface area contributed by atoms with Gasteiger partial charge in [-0.15, -0.1) is 0 Å². The minimum Gasteiger partial charge on any atom is -0.310 e. The van der Waals surface area contributed by atoms with Gasteiger partial charge in [0.05, 0.1) is 5.41 Å². The van der Waals surface area contributed by atoms with Crippen LogP contribution in [0.25, 0.3) is 43.8 Å². The molecule has 0 radical (unpaired) electrons. The molecule has 63 heavy (non-hydrogen) atoms. The molecule has 0 saturated carbocycles. The van der Waals surface area contributed by atoms with Crippen molar-refractivity contribution in [2.24, 2.45) is 0 Å². The first-order chi connectivity index (χ1) is 30.9. The van der Waals surface area contributed by atoms with Crippen LogP contribution in [0.4, 0.5) is 34.1 Å². The molecule has 300 valence electrons. The quantitative estimate of drug-likeness (QED) is 0.165. The van der Waals surface area contributed by atoms with Crippen molar-refractivity contribution in [2.45, 2.75) is 33.1 Å². The molecule has 0 saturated heterocycles. The Balaban J connectivity index is 1.12. The van der Waals surface area contributed by atoms with Crippen molar-refractivity contribution >= 4 is 55.7 Å². The van der Waals surface area contributed by atoms with Gasteiger partial charge in [-0.3, -0.25) is 0 Å². The summed E-state index contributed by atoms with van der Waals surface area (Å²) in [6, 6.07) is 77.2. The molecule has 0 heterocycles. The third-order valence-corrected chi connectivity index (χ3v) is 13.7. The van der Waals surface area contributed by atoms with E-state index in [0.717, 1.165) is 22.7 Å². The Hall–Kier alpha value is -7.68. The largest absolute Gasteiger partial charge is 0.310 e. The smallest absolute Gasteiger partial charge is 0.0737 e. The third-order valence-electron chi connectivity index (χ3n) is 13.7. The number of para-hydroxylation sites is 2. The van der Waals surface area contributed by atoms with Crippen LogP contribution in [-0.4, -0.2) is 0 Å². The van der Waals surface area contributed by atoms with Gasteiger partial charge in [-0.05, 0) is 171 Å². The van der Waals surface area contributed by atoms with Crippen LogP contribution in [0.2, 0.25) is 0 Å². The lowest BCUT2D eigenvalue weighted by Crippen LogP contribution is -2.26. The van der Waals surface area contributed by atoms with Crippen LogP contribution in [0.3, 0.4) is 0 Å². The van der Waals surface area contributed by atoms with E-state index in [9.17, 15) is 0 Å². The molecule has 0 aromatic heterocycles. The molecular formula is C61H46N2. The molecule has 0 bridgehead atoms. The van der Waals surface area contributed by atoms with Crippen molar-refractivity contribution in [3.8, 4) is 22.3 Å². The average molecular weight is 807 g/mol. The van der Waals surface area contributed by atoms with E-state index in [1.165, 1.54) is 99.7 Å². The van der Waals surface area contributed by atoms with Crippen molar-refractivity contribution in [1.82, 2.24) is 0 Å². The number of anilines is 6. The second kappa shape index (κ2) is 14.2. The summed E-state index contributed by atoms with van der Waals surface area (Å²) in [5, 5.41) is 5.01. The summed E-state index contributed by atoms with van der Waals surface area (Å²) >= 11 is 0. The molecule has 2 nitrogen and oxygen atoms in total. The van der Waals surface area contributed by atoms with Crippen molar-refractivity contribution in [3.05, 3.63) is 251 Å². The maximum atomic E-state index is 2.42. The van der Waals surface area contributed by atoms with Crippen LogP contribution in [0.5, 0.6) is 0 Å². The van der Waals surface area contributed by atoms with E-state index < -0.39 is 5.41 Å². The van der Waals surface area contributed by atoms with Gasteiger partial charge in [0, 0.05) is 34.1 Å². The molecule has 0 aliphatic heterocycles. The molecule has 10 aromatic rings. The predicted octanol–water partition coefficient (Wildman–Crippen LogP) is 16.5. The molecule has 2 aliphatic carbocycles. The molecule has 0 atom stereocenters. The predicted molar refractivity (Wildman–Crippen MR) is 266 cm³/mol. The molecule has 2 aliphatic rings. The van der Waals surface area contributed by atoms with Gasteiger partial charge < -0.3 is 9.80 Å². The molecule has 12 rings (SSSR count). The zero-order valence-corrected chi connectivity index (χ0v) is 36.0. The van der Waals surface area contributed by atoms with Gasteiger partial charge in [-0.1, -0.05) is 151 Å². The maximum Gasteiger partial charge on any atom is 0.0737 e. The highest BCUT2D eigenvalue weighted by Gasteiger charge is 2.53. The lowest BCUT2D eigenvalue weighted by atomic mass is 9.68. The highest BCUT2D eigenvalue weighted by Crippen LogP contribution is 2.65. The van der Waals surface area contributed by atoms with Gasteiger partial charge in [0.1, 0.15) is 0 Å². The second-order valence-corrected chi connectivity index (χ2v) is 17.6. The summed E-state index contributed by atoms with van der Waals surface area (Å²) in [7, 11) is 0. The standard InChI is InChI=1S/C61H46N2/c1-39-24-34-57(42(4)35-39)62(45-15-7-5-8-16-45)47-28-32-49-43(37-47)26-30-53-54-31-27-44-38-48(63(46-17-9-6-10-18-46)58-36-40(2)23-25-41(58)3)29-33-50(44)60(54)61(59(49)53)55-21-13-11-19-51(55)52-20-12-14-22-56(52)61/h5-38H,1-4H3. The fraction of sp³-hybridized carbons (Fsp3) is 0.0820. The number of fused-ring (bicyclic) bond motifs is 14. The van der Waals surface area contributed by atoms with Crippen LogP contribution in [0, 0.1) is 27.7 Å². The summed E-state index contributed by atoms with van der Waals surface area (Å²) in [5.41, 5.74) is 22.1. The molecule has 1 spiro atoms. The summed E-state index contributed by atoms with van der Waals surface area (Å²) < 4.78 is 0. The molecule has 0 N–H and O–H groups in total. The van der Waals surface area contributed by atoms with Crippen molar-refractivity contribution < 1.29 is 0 Å². The Morgan fingerprint density at radius 2 is 0.794 bits per heavy atom. The average Bonchev–Trinajstić information content (AvgIpc) is 3.79. The van der Waals surface area contributed by atoms with Crippen LogP contribution >= 0.6 is 0 Å². The minimum absolute atomic E-state index is 0.529. The number of rotatable bonds is 6. The topological polar surface area (TPSA) is 6.48 Å². The molecule has 10 aromatic carbocycles. The fourth-order valence-corrected chi connectivity index (χ4v) is 11.1. The summed E-state index contributed by atoms with van der Waals surface area (Å²) in [6.45, 7) is 8.78. The summed E-state index contributed by atoms with van der Waals surface area (Å²) in [5.74, 6) is 0. The van der Waals surface area contributed by atoms with Gasteiger partial charge in [0.25, 0.3) is 0 Å². The van der Waals surface area contributed by atoms with Crippen LogP contribution in [-0.2, 0) is 5.41 Å². The molecule has 0 fully saturated rings. The highest BCUT2D eigenvalue weighted by molar-refractivity contribution is 6.10. The Morgan fingerprint density at radius 1 is 0.317 bits per heavy atom. The summed E-state index contributed by atoms with van der Waals surface area (Å²) in [4.78, 5) is 4.83. The number of hydrogen-bond donors (Lipinski definition) is 0. The van der Waals surface area contributed by atoms with Gasteiger partial charge in [-0.2, -0.15) is 0 Å². The van der Waals surface area contributed by atoms with Crippen molar-refractivity contribution in [2.75, 3.05) is 9.80 Å². The zero-order chi connectivity index (χ0) is 42.4. The second-order valence-electron chi connectivity index (χ2n) is 17.6. The first kappa shape index (κ1) is 37.1. The van der Waals surface area contributed by atoms with Crippen molar-refractivity contribution in [1.29, 1.82) is 0 Å². The van der Waals surface area contributed by atoms with E-state index in [0.29, 0.717) is 0 Å². The number of hydrogen-bond acceptors (Lipinski definition) is 2. The maximum absolute atomic E-state index is 2.42. The Labute approximate surface area is 370 Å². The monoisotopic (exact) mass is 806 g/mol. The molecule has 0 unspecified atom stereocenters. The van der Waals surface area contributed by atoms with Crippen molar-refractivity contribution in [3.63, 3.8) is 0 Å². The van der Waals surface area contributed by atoms with E-state index in [1.807, 2.05) is 0 Å². The minimum atomic E-state index is -0.529. The van der Waals surface area contributed by atoms with E-state index >= 15 is 0 Å². The Bertz CT molecular complexity index is 3410. The van der Waals surface area contributed by atoms with Crippen LogP contribution < -0.4 is 9.80 Å². The number of nitrogens with zero attached hydrogens (tertiary/aromatic N) is 2. The Morgan fingerprint density at radius 3 is 1.33 bits per heavy atom. The van der Waals surface area contributed by atoms with Gasteiger partial charge in [-0.25, -0.2) is 0 Å². The zero-order valence-electron chi connectivity index (χ0n) is 36.0. The molecule has 0 amide bonds. The van der Waals surface area contributed by atoms with Gasteiger partial charge in [0.15, 0.2) is 0 Å². The van der Waals surface area contributed by atoms with Gasteiger partial charge >= 0.3 is 0 Å². The van der Waals surface area contributed by atoms with Crippen LogP contribution in [0.1, 0.15) is 44.5 Å². The van der Waals surface area contributed by atoms with Crippen LogP contribution in [0.15, 0.2) is 206 Å². The number of benzene rings is 10.